The van der Waals surface area contributed by atoms with Crippen LogP contribution in [-0.4, -0.2) is 47.1 Å². The first kappa shape index (κ1) is 21.8. The lowest BCUT2D eigenvalue weighted by molar-refractivity contribution is 0.140. The van der Waals surface area contributed by atoms with Crippen LogP contribution in [0.1, 0.15) is 35.6 Å². The highest BCUT2D eigenvalue weighted by atomic mass is 127. The number of ether oxygens (including phenoxy) is 2. The zero-order valence-electron chi connectivity index (χ0n) is 17.0. The van der Waals surface area contributed by atoms with Gasteiger partial charge in [0.05, 0.1) is 19.8 Å². The Hall–Kier alpha value is -1.88. The van der Waals surface area contributed by atoms with Crippen molar-refractivity contribution < 1.29 is 9.47 Å². The van der Waals surface area contributed by atoms with Crippen molar-refractivity contribution in [1.29, 1.82) is 0 Å². The summed E-state index contributed by atoms with van der Waals surface area (Å²) >= 11 is 0. The first-order valence-corrected chi connectivity index (χ1v) is 9.92. The van der Waals surface area contributed by atoms with Gasteiger partial charge >= 0.3 is 0 Å². The van der Waals surface area contributed by atoms with Crippen LogP contribution in [0.2, 0.25) is 0 Å². The Balaban J connectivity index is 0.00000240. The Labute approximate surface area is 188 Å². The fraction of sp³-hybridized carbons (Fsp3) is 0.550. The quantitative estimate of drug-likeness (QED) is 0.351. The molecule has 1 unspecified atom stereocenters. The lowest BCUT2D eigenvalue weighted by atomic mass is 10.1. The monoisotopic (exact) mass is 512 g/mol. The maximum absolute atomic E-state index is 6.18. The van der Waals surface area contributed by atoms with Gasteiger partial charge in [-0.15, -0.1) is 34.2 Å². The number of rotatable bonds is 6. The molecule has 29 heavy (non-hydrogen) atoms. The molecule has 0 aliphatic carbocycles. The molecule has 2 aliphatic heterocycles. The summed E-state index contributed by atoms with van der Waals surface area (Å²) in [4.78, 5) is 4.32. The van der Waals surface area contributed by atoms with Gasteiger partial charge in [-0.3, -0.25) is 4.99 Å². The lowest BCUT2D eigenvalue weighted by Gasteiger charge is -2.18. The van der Waals surface area contributed by atoms with Gasteiger partial charge in [-0.1, -0.05) is 12.1 Å². The molecule has 0 amide bonds. The van der Waals surface area contributed by atoms with Gasteiger partial charge in [0.1, 0.15) is 17.7 Å². The van der Waals surface area contributed by atoms with Gasteiger partial charge in [-0.05, 0) is 25.0 Å². The van der Waals surface area contributed by atoms with Crippen molar-refractivity contribution in [2.24, 2.45) is 4.99 Å². The SMILES string of the molecule is CN=C(NCc1ccc(C)cc1OC1CCOC1)NCc1nnc2n1CCC2.I. The summed E-state index contributed by atoms with van der Waals surface area (Å²) in [6, 6.07) is 6.29. The van der Waals surface area contributed by atoms with Crippen molar-refractivity contribution in [3.05, 3.63) is 41.0 Å². The van der Waals surface area contributed by atoms with E-state index in [2.05, 4.69) is 55.5 Å². The summed E-state index contributed by atoms with van der Waals surface area (Å²) in [6.45, 7) is 5.73. The molecular weight excluding hydrogens is 483 g/mol. The maximum atomic E-state index is 6.18. The summed E-state index contributed by atoms with van der Waals surface area (Å²) in [5.41, 5.74) is 2.28. The highest BCUT2D eigenvalue weighted by molar-refractivity contribution is 14.0. The van der Waals surface area contributed by atoms with E-state index in [9.17, 15) is 0 Å². The molecule has 4 rings (SSSR count). The maximum Gasteiger partial charge on any atom is 0.191 e. The van der Waals surface area contributed by atoms with Gasteiger partial charge in [0.2, 0.25) is 0 Å². The Kier molecular flexibility index (Phi) is 7.70. The van der Waals surface area contributed by atoms with Crippen LogP contribution < -0.4 is 15.4 Å². The average molecular weight is 512 g/mol. The van der Waals surface area contributed by atoms with E-state index in [-0.39, 0.29) is 30.1 Å². The zero-order valence-corrected chi connectivity index (χ0v) is 19.3. The van der Waals surface area contributed by atoms with Crippen molar-refractivity contribution in [1.82, 2.24) is 25.4 Å². The standard InChI is InChI=1S/C20H28N6O2.HI/c1-14-5-6-15(17(10-14)28-16-7-9-27-13-16)11-22-20(21-2)23-12-19-25-24-18-4-3-8-26(18)19;/h5-6,10,16H,3-4,7-9,11-13H2,1-2H3,(H2,21,22,23);1H. The number of aromatic nitrogens is 3. The van der Waals surface area contributed by atoms with E-state index in [1.807, 2.05) is 0 Å². The second kappa shape index (κ2) is 10.2. The van der Waals surface area contributed by atoms with Crippen molar-refractivity contribution in [3.8, 4) is 5.75 Å². The fourth-order valence-electron chi connectivity index (χ4n) is 3.61. The zero-order chi connectivity index (χ0) is 19.3. The highest BCUT2D eigenvalue weighted by Gasteiger charge is 2.19. The number of aryl methyl sites for hydroxylation is 2. The van der Waals surface area contributed by atoms with Crippen molar-refractivity contribution in [2.45, 2.75) is 51.9 Å². The number of hydrogen-bond acceptors (Lipinski definition) is 5. The Bertz CT molecular complexity index is 847. The fourth-order valence-corrected chi connectivity index (χ4v) is 3.61. The number of guanidine groups is 1. The summed E-state index contributed by atoms with van der Waals surface area (Å²) in [6.07, 6.45) is 3.23. The molecule has 0 saturated carbocycles. The van der Waals surface area contributed by atoms with Crippen LogP contribution in [0.3, 0.4) is 0 Å². The number of halogens is 1. The first-order chi connectivity index (χ1) is 13.7. The molecular formula is C20H29IN6O2. The Morgan fingerprint density at radius 3 is 2.97 bits per heavy atom. The topological polar surface area (TPSA) is 85.6 Å². The molecule has 2 aromatic rings. The Morgan fingerprint density at radius 2 is 2.17 bits per heavy atom. The van der Waals surface area contributed by atoms with Crippen LogP contribution >= 0.6 is 24.0 Å². The number of benzene rings is 1. The molecule has 0 bridgehead atoms. The van der Waals surface area contributed by atoms with E-state index in [0.29, 0.717) is 19.7 Å². The third kappa shape index (κ3) is 5.39. The van der Waals surface area contributed by atoms with E-state index in [4.69, 9.17) is 9.47 Å². The number of fused-ring (bicyclic) bond motifs is 1. The molecule has 2 aliphatic rings. The summed E-state index contributed by atoms with van der Waals surface area (Å²) < 4.78 is 13.8. The molecule has 2 N–H and O–H groups in total. The van der Waals surface area contributed by atoms with E-state index in [1.54, 1.807) is 7.05 Å². The average Bonchev–Trinajstić information content (AvgIpc) is 3.42. The van der Waals surface area contributed by atoms with Crippen LogP contribution in [-0.2, 0) is 30.8 Å². The van der Waals surface area contributed by atoms with E-state index >= 15 is 0 Å². The van der Waals surface area contributed by atoms with Crippen LogP contribution in [0.15, 0.2) is 23.2 Å². The van der Waals surface area contributed by atoms with Crippen LogP contribution in [0, 0.1) is 6.92 Å². The van der Waals surface area contributed by atoms with Crippen LogP contribution in [0.4, 0.5) is 0 Å². The molecule has 1 fully saturated rings. The van der Waals surface area contributed by atoms with Gasteiger partial charge in [0.15, 0.2) is 11.8 Å². The molecule has 1 aromatic carbocycles. The minimum absolute atomic E-state index is 0. The highest BCUT2D eigenvalue weighted by Crippen LogP contribution is 2.23. The van der Waals surface area contributed by atoms with E-state index in [0.717, 1.165) is 61.3 Å². The second-order valence-electron chi connectivity index (χ2n) is 7.28. The summed E-state index contributed by atoms with van der Waals surface area (Å²) in [7, 11) is 1.77. The summed E-state index contributed by atoms with van der Waals surface area (Å²) in [5.74, 6) is 3.67. The molecule has 0 radical (unpaired) electrons. The van der Waals surface area contributed by atoms with Gasteiger partial charge in [-0.25, -0.2) is 0 Å². The molecule has 9 heteroatoms. The minimum Gasteiger partial charge on any atom is -0.488 e. The predicted octanol–water partition coefficient (Wildman–Crippen LogP) is 2.18. The number of hydrogen-bond donors (Lipinski definition) is 2. The van der Waals surface area contributed by atoms with E-state index < -0.39 is 0 Å². The number of nitrogens with one attached hydrogen (secondary N) is 2. The van der Waals surface area contributed by atoms with Crippen LogP contribution in [0.5, 0.6) is 5.75 Å². The minimum atomic E-state index is 0. The van der Waals surface area contributed by atoms with Crippen molar-refractivity contribution >= 4 is 29.9 Å². The van der Waals surface area contributed by atoms with E-state index in [1.165, 1.54) is 5.56 Å². The molecule has 1 saturated heterocycles. The van der Waals surface area contributed by atoms with Gasteiger partial charge in [-0.2, -0.15) is 0 Å². The van der Waals surface area contributed by atoms with Gasteiger partial charge in [0.25, 0.3) is 0 Å². The third-order valence-electron chi connectivity index (χ3n) is 5.17. The molecule has 8 nitrogen and oxygen atoms in total. The molecule has 0 spiro atoms. The largest absolute Gasteiger partial charge is 0.488 e. The molecule has 3 heterocycles. The van der Waals surface area contributed by atoms with Crippen molar-refractivity contribution in [3.63, 3.8) is 0 Å². The van der Waals surface area contributed by atoms with Gasteiger partial charge < -0.3 is 24.7 Å². The van der Waals surface area contributed by atoms with Crippen molar-refractivity contribution in [2.75, 3.05) is 20.3 Å². The third-order valence-corrected chi connectivity index (χ3v) is 5.17. The summed E-state index contributed by atoms with van der Waals surface area (Å²) in [5, 5.41) is 15.2. The smallest absolute Gasteiger partial charge is 0.191 e. The molecule has 158 valence electrons. The number of nitrogens with zero attached hydrogens (tertiary/aromatic N) is 4. The second-order valence-corrected chi connectivity index (χ2v) is 7.28. The first-order valence-electron chi connectivity index (χ1n) is 9.92. The number of aliphatic imine (C=N–C) groups is 1. The Morgan fingerprint density at radius 1 is 1.31 bits per heavy atom. The van der Waals surface area contributed by atoms with Crippen LogP contribution in [0.25, 0.3) is 0 Å². The normalized spacial score (nSPS) is 18.3. The molecule has 1 atom stereocenters. The lowest BCUT2D eigenvalue weighted by Crippen LogP contribution is -2.37. The van der Waals surface area contributed by atoms with Gasteiger partial charge in [0, 0.05) is 38.5 Å². The molecule has 1 aromatic heterocycles. The predicted molar refractivity (Wildman–Crippen MR) is 122 cm³/mol.